The number of carbonyl (C=O) groups excluding carboxylic acids is 1. The van der Waals surface area contributed by atoms with Gasteiger partial charge in [-0.1, -0.05) is 25.1 Å². The molecule has 1 amide bonds. The van der Waals surface area contributed by atoms with Crippen molar-refractivity contribution in [3.8, 4) is 0 Å². The Labute approximate surface area is 135 Å². The molecule has 0 saturated heterocycles. The first-order valence-electron chi connectivity index (χ1n) is 7.98. The van der Waals surface area contributed by atoms with Gasteiger partial charge in [0.25, 0.3) is 5.56 Å². The van der Waals surface area contributed by atoms with Crippen molar-refractivity contribution >= 4 is 11.6 Å². The van der Waals surface area contributed by atoms with Gasteiger partial charge in [0, 0.05) is 11.8 Å². The second kappa shape index (κ2) is 6.36. The Kier molecular flexibility index (Phi) is 4.28. The number of para-hydroxylation sites is 1. The van der Waals surface area contributed by atoms with Crippen LogP contribution in [0.5, 0.6) is 0 Å². The van der Waals surface area contributed by atoms with Gasteiger partial charge in [0.15, 0.2) is 0 Å². The number of carbonyl (C=O) groups is 1. The first-order chi connectivity index (χ1) is 11.0. The van der Waals surface area contributed by atoms with E-state index in [0.29, 0.717) is 5.92 Å². The predicted octanol–water partition coefficient (Wildman–Crippen LogP) is 2.32. The van der Waals surface area contributed by atoms with E-state index in [9.17, 15) is 9.59 Å². The first-order valence-corrected chi connectivity index (χ1v) is 7.98. The summed E-state index contributed by atoms with van der Waals surface area (Å²) < 4.78 is 1.27. The number of nitrogens with zero attached hydrogens (tertiary/aromatic N) is 2. The second-order valence-electron chi connectivity index (χ2n) is 6.32. The Bertz CT molecular complexity index is 795. The molecule has 0 radical (unpaired) electrons. The van der Waals surface area contributed by atoms with Crippen molar-refractivity contribution in [2.75, 3.05) is 5.32 Å². The number of hydrogen-bond donors (Lipinski definition) is 1. The fraction of sp³-hybridized carbons (Fsp3) is 0.389. The third-order valence-electron chi connectivity index (χ3n) is 4.32. The van der Waals surface area contributed by atoms with Crippen LogP contribution in [0.15, 0.2) is 35.1 Å². The summed E-state index contributed by atoms with van der Waals surface area (Å²) in [6.45, 7) is 4.06. The Morgan fingerprint density at radius 2 is 2.17 bits per heavy atom. The molecule has 1 aliphatic carbocycles. The second-order valence-corrected chi connectivity index (χ2v) is 6.32. The van der Waals surface area contributed by atoms with Gasteiger partial charge in [0.2, 0.25) is 5.91 Å². The predicted molar refractivity (Wildman–Crippen MR) is 89.5 cm³/mol. The Morgan fingerprint density at radius 1 is 1.39 bits per heavy atom. The zero-order valence-electron chi connectivity index (χ0n) is 13.5. The van der Waals surface area contributed by atoms with Crippen molar-refractivity contribution in [3.63, 3.8) is 0 Å². The first kappa shape index (κ1) is 15.5. The highest BCUT2D eigenvalue weighted by Gasteiger charge is 2.18. The lowest BCUT2D eigenvalue weighted by molar-refractivity contribution is -0.117. The van der Waals surface area contributed by atoms with Crippen LogP contribution < -0.4 is 10.9 Å². The maximum absolute atomic E-state index is 12.2. The summed E-state index contributed by atoms with van der Waals surface area (Å²) in [5, 5.41) is 7.23. The smallest absolute Gasteiger partial charge is 0.267 e. The summed E-state index contributed by atoms with van der Waals surface area (Å²) in [4.78, 5) is 24.4. The zero-order valence-corrected chi connectivity index (χ0v) is 13.5. The molecule has 120 valence electrons. The molecular formula is C18H21N3O2. The van der Waals surface area contributed by atoms with Crippen LogP contribution in [-0.4, -0.2) is 15.7 Å². The molecule has 1 N–H and O–H groups in total. The monoisotopic (exact) mass is 311 g/mol. The lowest BCUT2D eigenvalue weighted by atomic mass is 9.88. The topological polar surface area (TPSA) is 64.0 Å². The van der Waals surface area contributed by atoms with E-state index in [1.807, 2.05) is 31.2 Å². The molecule has 1 heterocycles. The molecule has 1 aromatic heterocycles. The average molecular weight is 311 g/mol. The number of aryl methyl sites for hydroxylation is 2. The van der Waals surface area contributed by atoms with Gasteiger partial charge in [-0.2, -0.15) is 5.10 Å². The number of aromatic nitrogens is 2. The molecule has 2 aromatic rings. The molecule has 1 aromatic carbocycles. The highest BCUT2D eigenvalue weighted by molar-refractivity contribution is 5.91. The van der Waals surface area contributed by atoms with Gasteiger partial charge in [-0.3, -0.25) is 9.59 Å². The third-order valence-corrected chi connectivity index (χ3v) is 4.32. The number of hydrogen-bond acceptors (Lipinski definition) is 3. The zero-order chi connectivity index (χ0) is 16.4. The van der Waals surface area contributed by atoms with Crippen molar-refractivity contribution in [2.24, 2.45) is 5.92 Å². The number of anilines is 1. The molecule has 1 aliphatic rings. The SMILES string of the molecule is Cc1ccccc1NC(=O)Cn1nc2c(cc1=O)C[C@H](C)CC2. The Morgan fingerprint density at radius 3 is 2.96 bits per heavy atom. The van der Waals surface area contributed by atoms with Gasteiger partial charge in [-0.25, -0.2) is 4.68 Å². The summed E-state index contributed by atoms with van der Waals surface area (Å²) in [6.07, 6.45) is 2.84. The van der Waals surface area contributed by atoms with Crippen LogP contribution in [0.4, 0.5) is 5.69 Å². The number of amides is 1. The average Bonchev–Trinajstić information content (AvgIpc) is 2.50. The lowest BCUT2D eigenvalue weighted by Gasteiger charge is -2.20. The van der Waals surface area contributed by atoms with Crippen LogP contribution in [0.25, 0.3) is 0 Å². The minimum Gasteiger partial charge on any atom is -0.324 e. The van der Waals surface area contributed by atoms with Gasteiger partial charge < -0.3 is 5.32 Å². The van der Waals surface area contributed by atoms with Crippen molar-refractivity contribution in [3.05, 3.63) is 57.5 Å². The number of fused-ring (bicyclic) bond motifs is 1. The molecule has 5 heteroatoms. The van der Waals surface area contributed by atoms with Crippen LogP contribution in [0.1, 0.15) is 30.2 Å². The van der Waals surface area contributed by atoms with E-state index in [0.717, 1.165) is 41.8 Å². The van der Waals surface area contributed by atoms with Crippen molar-refractivity contribution < 1.29 is 4.79 Å². The van der Waals surface area contributed by atoms with E-state index in [2.05, 4.69) is 17.3 Å². The van der Waals surface area contributed by atoms with E-state index >= 15 is 0 Å². The number of rotatable bonds is 3. The van der Waals surface area contributed by atoms with Crippen LogP contribution in [0.2, 0.25) is 0 Å². The lowest BCUT2D eigenvalue weighted by Crippen LogP contribution is -2.32. The van der Waals surface area contributed by atoms with Crippen LogP contribution in [0, 0.1) is 12.8 Å². The van der Waals surface area contributed by atoms with E-state index in [1.165, 1.54) is 4.68 Å². The molecule has 1 atom stereocenters. The van der Waals surface area contributed by atoms with Crippen LogP contribution in [-0.2, 0) is 24.2 Å². The van der Waals surface area contributed by atoms with Gasteiger partial charge >= 0.3 is 0 Å². The maximum atomic E-state index is 12.2. The minimum atomic E-state index is -0.238. The highest BCUT2D eigenvalue weighted by Crippen LogP contribution is 2.22. The van der Waals surface area contributed by atoms with E-state index in [4.69, 9.17) is 0 Å². The van der Waals surface area contributed by atoms with Crippen molar-refractivity contribution in [2.45, 2.75) is 39.7 Å². The standard InChI is InChI=1S/C18H21N3O2/c1-12-7-8-16-14(9-12)10-18(23)21(20-16)11-17(22)19-15-6-4-3-5-13(15)2/h3-6,10,12H,7-9,11H2,1-2H3,(H,19,22)/t12-/m1/s1. The summed E-state index contributed by atoms with van der Waals surface area (Å²) >= 11 is 0. The fourth-order valence-corrected chi connectivity index (χ4v) is 2.97. The Balaban J connectivity index is 1.77. The highest BCUT2D eigenvalue weighted by atomic mass is 16.2. The molecular weight excluding hydrogens is 290 g/mol. The number of benzene rings is 1. The maximum Gasteiger partial charge on any atom is 0.267 e. The van der Waals surface area contributed by atoms with Crippen molar-refractivity contribution in [1.82, 2.24) is 9.78 Å². The van der Waals surface area contributed by atoms with E-state index < -0.39 is 0 Å². The van der Waals surface area contributed by atoms with Gasteiger partial charge in [0.05, 0.1) is 5.69 Å². The largest absolute Gasteiger partial charge is 0.324 e. The summed E-state index contributed by atoms with van der Waals surface area (Å²) in [5.41, 5.74) is 3.52. The molecule has 0 unspecified atom stereocenters. The van der Waals surface area contributed by atoms with Crippen molar-refractivity contribution in [1.29, 1.82) is 0 Å². The summed E-state index contributed by atoms with van der Waals surface area (Å²) in [7, 11) is 0. The Hall–Kier alpha value is -2.43. The molecule has 23 heavy (non-hydrogen) atoms. The van der Waals surface area contributed by atoms with Gasteiger partial charge in [-0.05, 0) is 49.3 Å². The minimum absolute atomic E-state index is 0.0595. The number of nitrogens with one attached hydrogen (secondary N) is 1. The van der Waals surface area contributed by atoms with Crippen LogP contribution in [0.3, 0.4) is 0 Å². The van der Waals surface area contributed by atoms with Crippen LogP contribution >= 0.6 is 0 Å². The summed E-state index contributed by atoms with van der Waals surface area (Å²) in [6, 6.07) is 9.20. The van der Waals surface area contributed by atoms with Gasteiger partial charge in [-0.15, -0.1) is 0 Å². The van der Waals surface area contributed by atoms with Gasteiger partial charge in [0.1, 0.15) is 6.54 Å². The quantitative estimate of drug-likeness (QED) is 0.946. The summed E-state index contributed by atoms with van der Waals surface area (Å²) in [5.74, 6) is 0.349. The molecule has 0 saturated carbocycles. The molecule has 0 bridgehead atoms. The molecule has 0 fully saturated rings. The molecule has 0 spiro atoms. The fourth-order valence-electron chi connectivity index (χ4n) is 2.97. The molecule has 0 aliphatic heterocycles. The van der Waals surface area contributed by atoms with E-state index in [1.54, 1.807) is 6.07 Å². The third kappa shape index (κ3) is 3.50. The molecule has 3 rings (SSSR count). The molecule has 5 nitrogen and oxygen atoms in total. The normalized spacial score (nSPS) is 16.7. The van der Waals surface area contributed by atoms with E-state index in [-0.39, 0.29) is 18.0 Å².